The van der Waals surface area contributed by atoms with Gasteiger partial charge in [0.2, 0.25) is 0 Å². The molecule has 1 atom stereocenters. The van der Waals surface area contributed by atoms with Crippen molar-refractivity contribution < 1.29 is 0 Å². The Morgan fingerprint density at radius 2 is 1.28 bits per heavy atom. The Balaban J connectivity index is 2.29. The van der Waals surface area contributed by atoms with Crippen LogP contribution < -0.4 is 10.6 Å². The molecule has 0 saturated carbocycles. The van der Waals surface area contributed by atoms with E-state index in [1.54, 1.807) is 0 Å². The summed E-state index contributed by atoms with van der Waals surface area (Å²) in [7, 11) is -0.196. The molecule has 0 aliphatic rings. The summed E-state index contributed by atoms with van der Waals surface area (Å²) in [6.45, 7) is 4.65. The molecule has 2 aromatic rings. The zero-order valence-electron chi connectivity index (χ0n) is 11.2. The van der Waals surface area contributed by atoms with E-state index < -0.39 is 0 Å². The molecule has 0 amide bonds. The van der Waals surface area contributed by atoms with Gasteiger partial charge < -0.3 is 0 Å². The van der Waals surface area contributed by atoms with E-state index in [4.69, 9.17) is 0 Å². The molecular weight excluding hydrogens is 235 g/mol. The second-order valence-corrected chi connectivity index (χ2v) is 7.05. The Morgan fingerprint density at radius 3 is 1.67 bits per heavy atom. The van der Waals surface area contributed by atoms with Gasteiger partial charge in [0.15, 0.2) is 0 Å². The monoisotopic (exact) mass is 256 g/mol. The first kappa shape index (κ1) is 13.3. The summed E-state index contributed by atoms with van der Waals surface area (Å²) in [5.74, 6) is 0.788. The van der Waals surface area contributed by atoms with Crippen LogP contribution in [-0.2, 0) is 0 Å². The lowest BCUT2D eigenvalue weighted by atomic mass is 10.2. The summed E-state index contributed by atoms with van der Waals surface area (Å²) in [4.78, 5) is 0. The molecule has 0 fully saturated rings. The second-order valence-electron chi connectivity index (χ2n) is 4.80. The molecule has 94 valence electrons. The summed E-state index contributed by atoms with van der Waals surface area (Å²) in [6.07, 6.45) is 2.55. The van der Waals surface area contributed by atoms with Gasteiger partial charge in [-0.1, -0.05) is 80.9 Å². The zero-order valence-corrected chi connectivity index (χ0v) is 12.1. The number of hydrogen-bond donors (Lipinski definition) is 0. The lowest BCUT2D eigenvalue weighted by Crippen LogP contribution is -2.16. The molecule has 0 N–H and O–H groups in total. The van der Waals surface area contributed by atoms with E-state index in [1.165, 1.54) is 23.2 Å². The van der Waals surface area contributed by atoms with Gasteiger partial charge in [-0.25, -0.2) is 0 Å². The van der Waals surface area contributed by atoms with E-state index in [1.807, 2.05) is 0 Å². The summed E-state index contributed by atoms with van der Waals surface area (Å²) in [6, 6.07) is 21.9. The normalized spacial score (nSPS) is 12.6. The van der Waals surface area contributed by atoms with Crippen molar-refractivity contribution in [3.63, 3.8) is 0 Å². The molecular formula is C17H21P. The van der Waals surface area contributed by atoms with E-state index in [0.29, 0.717) is 0 Å². The van der Waals surface area contributed by atoms with E-state index in [9.17, 15) is 0 Å². The Bertz CT molecular complexity index is 410. The van der Waals surface area contributed by atoms with Gasteiger partial charge in [0, 0.05) is 0 Å². The fourth-order valence-corrected chi connectivity index (χ4v) is 4.68. The van der Waals surface area contributed by atoms with Gasteiger partial charge in [0.05, 0.1) is 0 Å². The van der Waals surface area contributed by atoms with Crippen LogP contribution in [0.2, 0.25) is 0 Å². The Hall–Kier alpha value is -1.13. The minimum Gasteiger partial charge on any atom is -0.0651 e. The standard InChI is InChI=1S/C17H21P/c1-3-15(2)14-18(16-10-6-4-7-11-16)17-12-8-5-9-13-17/h4-13,15H,3,14H2,1-2H3/t15-/m0/s1. The van der Waals surface area contributed by atoms with Gasteiger partial charge in [0.25, 0.3) is 0 Å². The van der Waals surface area contributed by atoms with E-state index >= 15 is 0 Å². The molecule has 0 nitrogen and oxygen atoms in total. The number of rotatable bonds is 5. The molecule has 0 bridgehead atoms. The van der Waals surface area contributed by atoms with Gasteiger partial charge in [0.1, 0.15) is 0 Å². The third-order valence-corrected chi connectivity index (χ3v) is 6.16. The Labute approximate surface area is 112 Å². The van der Waals surface area contributed by atoms with Crippen LogP contribution in [0, 0.1) is 5.92 Å². The second kappa shape index (κ2) is 6.71. The van der Waals surface area contributed by atoms with Crippen molar-refractivity contribution >= 4 is 18.5 Å². The number of benzene rings is 2. The molecule has 2 rings (SSSR count). The maximum atomic E-state index is 2.36. The van der Waals surface area contributed by atoms with Gasteiger partial charge >= 0.3 is 0 Å². The topological polar surface area (TPSA) is 0 Å². The average molecular weight is 256 g/mol. The van der Waals surface area contributed by atoms with Crippen molar-refractivity contribution in [1.82, 2.24) is 0 Å². The minimum atomic E-state index is -0.196. The quantitative estimate of drug-likeness (QED) is 0.704. The third-order valence-electron chi connectivity index (χ3n) is 3.33. The van der Waals surface area contributed by atoms with Crippen LogP contribution in [0.15, 0.2) is 60.7 Å². The Morgan fingerprint density at radius 1 is 0.833 bits per heavy atom. The van der Waals surface area contributed by atoms with Crippen LogP contribution in [0.4, 0.5) is 0 Å². The predicted molar refractivity (Wildman–Crippen MR) is 83.4 cm³/mol. The van der Waals surface area contributed by atoms with E-state index in [-0.39, 0.29) is 7.92 Å². The van der Waals surface area contributed by atoms with Crippen molar-refractivity contribution in [2.24, 2.45) is 5.92 Å². The molecule has 0 saturated heterocycles. The zero-order chi connectivity index (χ0) is 12.8. The highest BCUT2D eigenvalue weighted by Gasteiger charge is 2.15. The van der Waals surface area contributed by atoms with Crippen molar-refractivity contribution in [3.8, 4) is 0 Å². The van der Waals surface area contributed by atoms with Crippen LogP contribution in [-0.4, -0.2) is 6.16 Å². The van der Waals surface area contributed by atoms with Crippen LogP contribution in [0.1, 0.15) is 20.3 Å². The first-order chi connectivity index (χ1) is 8.81. The SMILES string of the molecule is CC[C@H](C)CP(c1ccccc1)c1ccccc1. The highest BCUT2D eigenvalue weighted by Crippen LogP contribution is 2.36. The summed E-state index contributed by atoms with van der Waals surface area (Å²) >= 11 is 0. The fourth-order valence-electron chi connectivity index (χ4n) is 2.02. The Kier molecular flexibility index (Phi) is 4.96. The van der Waals surface area contributed by atoms with Gasteiger partial charge in [-0.15, -0.1) is 0 Å². The number of hydrogen-bond acceptors (Lipinski definition) is 0. The van der Waals surface area contributed by atoms with Crippen molar-refractivity contribution in [2.45, 2.75) is 20.3 Å². The van der Waals surface area contributed by atoms with Gasteiger partial charge in [-0.05, 0) is 30.6 Å². The smallest absolute Gasteiger partial charge is 0.0195 e. The molecule has 0 aliphatic heterocycles. The van der Waals surface area contributed by atoms with Crippen LogP contribution in [0.25, 0.3) is 0 Å². The maximum Gasteiger partial charge on any atom is -0.0195 e. The molecule has 0 heterocycles. The minimum absolute atomic E-state index is 0.196. The van der Waals surface area contributed by atoms with Gasteiger partial charge in [-0.3, -0.25) is 0 Å². The average Bonchev–Trinajstić information content (AvgIpc) is 2.46. The molecule has 0 radical (unpaired) electrons. The first-order valence-corrected chi connectivity index (χ1v) is 8.21. The summed E-state index contributed by atoms with van der Waals surface area (Å²) in [5, 5.41) is 3.00. The molecule has 1 heteroatoms. The lowest BCUT2D eigenvalue weighted by molar-refractivity contribution is 0.634. The summed E-state index contributed by atoms with van der Waals surface area (Å²) < 4.78 is 0. The van der Waals surface area contributed by atoms with Crippen LogP contribution >= 0.6 is 7.92 Å². The van der Waals surface area contributed by atoms with Crippen molar-refractivity contribution in [3.05, 3.63) is 60.7 Å². The van der Waals surface area contributed by atoms with Crippen LogP contribution in [0.3, 0.4) is 0 Å². The molecule has 2 aromatic carbocycles. The van der Waals surface area contributed by atoms with E-state index in [0.717, 1.165) is 5.92 Å². The highest BCUT2D eigenvalue weighted by molar-refractivity contribution is 7.73. The molecule has 0 unspecified atom stereocenters. The van der Waals surface area contributed by atoms with Crippen molar-refractivity contribution in [1.29, 1.82) is 0 Å². The largest absolute Gasteiger partial charge is 0.0651 e. The predicted octanol–water partition coefficient (Wildman–Crippen LogP) is 4.17. The molecule has 0 aliphatic carbocycles. The molecule has 18 heavy (non-hydrogen) atoms. The fraction of sp³-hybridized carbons (Fsp3) is 0.294. The van der Waals surface area contributed by atoms with Gasteiger partial charge in [-0.2, -0.15) is 0 Å². The lowest BCUT2D eigenvalue weighted by Gasteiger charge is -2.21. The summed E-state index contributed by atoms with van der Waals surface area (Å²) in [5.41, 5.74) is 0. The van der Waals surface area contributed by atoms with Crippen molar-refractivity contribution in [2.75, 3.05) is 6.16 Å². The van der Waals surface area contributed by atoms with Crippen LogP contribution in [0.5, 0.6) is 0 Å². The maximum absolute atomic E-state index is 2.36. The first-order valence-electron chi connectivity index (χ1n) is 6.69. The third kappa shape index (κ3) is 3.43. The molecule has 0 aromatic heterocycles. The van der Waals surface area contributed by atoms with E-state index in [2.05, 4.69) is 74.5 Å². The molecule has 0 spiro atoms. The highest BCUT2D eigenvalue weighted by atomic mass is 31.1.